The maximum Gasteiger partial charge on any atom is 0.159 e. The van der Waals surface area contributed by atoms with Gasteiger partial charge in [-0.05, 0) is 115 Å². The van der Waals surface area contributed by atoms with E-state index in [0.29, 0.717) is 0 Å². The Morgan fingerprint density at radius 2 is 1.05 bits per heavy atom. The summed E-state index contributed by atoms with van der Waals surface area (Å²) in [6.45, 7) is 4.70. The summed E-state index contributed by atoms with van der Waals surface area (Å²) in [4.78, 5) is 2.40. The number of furan rings is 1. The van der Waals surface area contributed by atoms with Gasteiger partial charge in [-0.15, -0.1) is 0 Å². The molecule has 0 bridgehead atoms. The van der Waals surface area contributed by atoms with E-state index in [-0.39, 0.29) is 5.41 Å². The highest BCUT2D eigenvalue weighted by Crippen LogP contribution is 2.52. The number of para-hydroxylation sites is 1. The van der Waals surface area contributed by atoms with Gasteiger partial charge in [-0.3, -0.25) is 0 Å². The van der Waals surface area contributed by atoms with Crippen LogP contribution in [0.25, 0.3) is 76.9 Å². The molecule has 9 aromatic carbocycles. The number of nitrogens with zero attached hydrogens (tertiary/aromatic N) is 1. The van der Waals surface area contributed by atoms with Crippen LogP contribution < -0.4 is 4.90 Å². The Morgan fingerprint density at radius 3 is 1.93 bits per heavy atom. The van der Waals surface area contributed by atoms with Gasteiger partial charge in [0.1, 0.15) is 5.58 Å². The Kier molecular flexibility index (Phi) is 6.93. The monoisotopic (exact) mass is 703 g/mol. The second-order valence-corrected chi connectivity index (χ2v) is 15.3. The molecule has 11 rings (SSSR count). The third kappa shape index (κ3) is 4.95. The van der Waals surface area contributed by atoms with Crippen molar-refractivity contribution in [2.75, 3.05) is 4.90 Å². The van der Waals surface area contributed by atoms with Crippen molar-refractivity contribution in [2.45, 2.75) is 19.3 Å². The van der Waals surface area contributed by atoms with Gasteiger partial charge in [-0.1, -0.05) is 153 Å². The number of hydrogen-bond donors (Lipinski definition) is 0. The van der Waals surface area contributed by atoms with Crippen LogP contribution in [-0.4, -0.2) is 0 Å². The average Bonchev–Trinajstić information content (AvgIpc) is 3.72. The lowest BCUT2D eigenvalue weighted by atomic mass is 9.82. The molecular formula is C53H37NO. The molecule has 1 aliphatic rings. The lowest BCUT2D eigenvalue weighted by molar-refractivity contribution is 0.660. The second-order valence-electron chi connectivity index (χ2n) is 15.3. The maximum atomic E-state index is 6.85. The van der Waals surface area contributed by atoms with Gasteiger partial charge >= 0.3 is 0 Å². The molecule has 0 fully saturated rings. The molecule has 1 aromatic heterocycles. The highest BCUT2D eigenvalue weighted by atomic mass is 16.3. The molecule has 55 heavy (non-hydrogen) atoms. The van der Waals surface area contributed by atoms with Gasteiger partial charge in [0.15, 0.2) is 5.58 Å². The Bertz CT molecular complexity index is 3120. The first-order chi connectivity index (χ1) is 27.0. The molecule has 0 radical (unpaired) electrons. The van der Waals surface area contributed by atoms with Crippen molar-refractivity contribution in [3.8, 4) is 33.4 Å². The molecular weight excluding hydrogens is 667 g/mol. The fourth-order valence-corrected chi connectivity index (χ4v) is 9.04. The Balaban J connectivity index is 1.16. The first-order valence-corrected chi connectivity index (χ1v) is 19.1. The molecule has 1 aliphatic carbocycles. The second kappa shape index (κ2) is 12.1. The quantitative estimate of drug-likeness (QED) is 0.177. The van der Waals surface area contributed by atoms with Gasteiger partial charge in [0.2, 0.25) is 0 Å². The lowest BCUT2D eigenvalue weighted by Gasteiger charge is -2.28. The van der Waals surface area contributed by atoms with Crippen LogP contribution in [0.15, 0.2) is 192 Å². The highest BCUT2D eigenvalue weighted by molar-refractivity contribution is 6.12. The number of hydrogen-bond acceptors (Lipinski definition) is 2. The summed E-state index contributed by atoms with van der Waals surface area (Å²) in [5.41, 5.74) is 14.8. The van der Waals surface area contributed by atoms with Crippen LogP contribution >= 0.6 is 0 Å². The zero-order chi connectivity index (χ0) is 36.7. The molecule has 0 saturated carbocycles. The molecule has 0 saturated heterocycles. The highest BCUT2D eigenvalue weighted by Gasteiger charge is 2.36. The maximum absolute atomic E-state index is 6.85. The van der Waals surface area contributed by atoms with Gasteiger partial charge in [0.05, 0.1) is 5.69 Å². The number of anilines is 3. The van der Waals surface area contributed by atoms with E-state index in [9.17, 15) is 0 Å². The van der Waals surface area contributed by atoms with Crippen LogP contribution in [0.5, 0.6) is 0 Å². The van der Waals surface area contributed by atoms with Gasteiger partial charge in [0, 0.05) is 27.6 Å². The SMILES string of the molecule is CC1(C)c2ccccc2-c2ccc(N(c3ccc(-c4cccc5ccccc45)cc3)c3cc(-c4ccc5ccccc5c4)cc4c3oc3ccccc34)cc21. The van der Waals surface area contributed by atoms with E-state index < -0.39 is 0 Å². The summed E-state index contributed by atoms with van der Waals surface area (Å²) < 4.78 is 6.85. The summed E-state index contributed by atoms with van der Waals surface area (Å²) in [5, 5.41) is 7.16. The molecule has 1 heterocycles. The van der Waals surface area contributed by atoms with E-state index in [4.69, 9.17) is 4.42 Å². The molecule has 10 aromatic rings. The minimum absolute atomic E-state index is 0.145. The van der Waals surface area contributed by atoms with Crippen molar-refractivity contribution in [1.29, 1.82) is 0 Å². The summed E-state index contributed by atoms with van der Waals surface area (Å²) in [6.07, 6.45) is 0. The molecule has 260 valence electrons. The van der Waals surface area contributed by atoms with Crippen LogP contribution in [-0.2, 0) is 5.41 Å². The first kappa shape index (κ1) is 31.6. The fourth-order valence-electron chi connectivity index (χ4n) is 9.04. The fraction of sp³-hybridized carbons (Fsp3) is 0.0566. The van der Waals surface area contributed by atoms with Crippen LogP contribution in [0.2, 0.25) is 0 Å². The zero-order valence-electron chi connectivity index (χ0n) is 30.8. The Labute approximate surface area is 320 Å². The largest absolute Gasteiger partial charge is 0.454 e. The molecule has 2 heteroatoms. The van der Waals surface area contributed by atoms with E-state index in [1.165, 1.54) is 60.5 Å². The molecule has 0 unspecified atom stereocenters. The molecule has 0 aliphatic heterocycles. The van der Waals surface area contributed by atoms with Crippen molar-refractivity contribution in [2.24, 2.45) is 0 Å². The first-order valence-electron chi connectivity index (χ1n) is 19.1. The summed E-state index contributed by atoms with van der Waals surface area (Å²) in [7, 11) is 0. The minimum Gasteiger partial charge on any atom is -0.454 e. The zero-order valence-corrected chi connectivity index (χ0v) is 30.8. The van der Waals surface area contributed by atoms with E-state index in [0.717, 1.165) is 44.6 Å². The van der Waals surface area contributed by atoms with Crippen LogP contribution in [0.1, 0.15) is 25.0 Å². The summed E-state index contributed by atoms with van der Waals surface area (Å²) >= 11 is 0. The third-order valence-corrected chi connectivity index (χ3v) is 11.8. The van der Waals surface area contributed by atoms with Crippen molar-refractivity contribution in [3.63, 3.8) is 0 Å². The molecule has 0 N–H and O–H groups in total. The minimum atomic E-state index is -0.145. The molecule has 2 nitrogen and oxygen atoms in total. The smallest absolute Gasteiger partial charge is 0.159 e. The predicted molar refractivity (Wildman–Crippen MR) is 232 cm³/mol. The topological polar surface area (TPSA) is 16.4 Å². The van der Waals surface area contributed by atoms with Gasteiger partial charge in [0.25, 0.3) is 0 Å². The molecule has 0 spiro atoms. The Hall–Kier alpha value is -6.90. The van der Waals surface area contributed by atoms with E-state index in [2.05, 4.69) is 207 Å². The van der Waals surface area contributed by atoms with Gasteiger partial charge < -0.3 is 9.32 Å². The van der Waals surface area contributed by atoms with Crippen molar-refractivity contribution in [1.82, 2.24) is 0 Å². The van der Waals surface area contributed by atoms with E-state index in [1.54, 1.807) is 0 Å². The summed E-state index contributed by atoms with van der Waals surface area (Å²) in [6, 6.07) is 68.5. The van der Waals surface area contributed by atoms with Gasteiger partial charge in [-0.25, -0.2) is 0 Å². The van der Waals surface area contributed by atoms with E-state index >= 15 is 0 Å². The number of fused-ring (bicyclic) bond motifs is 8. The van der Waals surface area contributed by atoms with Crippen molar-refractivity contribution >= 4 is 60.5 Å². The van der Waals surface area contributed by atoms with Crippen LogP contribution in [0.4, 0.5) is 17.1 Å². The normalized spacial score (nSPS) is 13.1. The van der Waals surface area contributed by atoms with Crippen LogP contribution in [0, 0.1) is 0 Å². The standard InChI is InChI=1S/C53H37NO/c1-53(2)48-20-9-7-17-44(48)45-29-28-41(33-49(45)53)54(40-26-24-36(25-27-40)43-19-11-15-35-13-5-6-16-42(35)43)50-32-39(38-23-22-34-12-3-4-14-37(34)30-38)31-47-46-18-8-10-21-51(46)55-52(47)50/h3-33H,1-2H3. The summed E-state index contributed by atoms with van der Waals surface area (Å²) in [5.74, 6) is 0. The van der Waals surface area contributed by atoms with Crippen LogP contribution in [0.3, 0.4) is 0 Å². The number of rotatable bonds is 5. The van der Waals surface area contributed by atoms with Gasteiger partial charge in [-0.2, -0.15) is 0 Å². The lowest BCUT2D eigenvalue weighted by Crippen LogP contribution is -2.16. The molecule has 0 atom stereocenters. The van der Waals surface area contributed by atoms with E-state index in [1.807, 2.05) is 0 Å². The molecule has 0 amide bonds. The third-order valence-electron chi connectivity index (χ3n) is 11.8. The predicted octanol–water partition coefficient (Wildman–Crippen LogP) is 15.0. The number of benzene rings is 9. The average molecular weight is 704 g/mol. The van der Waals surface area contributed by atoms with Crippen molar-refractivity contribution in [3.05, 3.63) is 199 Å². The Morgan fingerprint density at radius 1 is 0.400 bits per heavy atom. The van der Waals surface area contributed by atoms with Crippen molar-refractivity contribution < 1.29 is 4.42 Å².